The van der Waals surface area contributed by atoms with E-state index in [1.54, 1.807) is 42.6 Å². The highest BCUT2D eigenvalue weighted by atomic mass is 35.5. The second-order valence-electron chi connectivity index (χ2n) is 6.81. The van der Waals surface area contributed by atoms with E-state index in [9.17, 15) is 9.59 Å². The van der Waals surface area contributed by atoms with Crippen molar-refractivity contribution in [1.82, 2.24) is 18.9 Å². The molecule has 0 aliphatic carbocycles. The molecule has 0 aliphatic rings. The fraction of sp³-hybridized carbons (Fsp3) is 0.0435. The van der Waals surface area contributed by atoms with Crippen molar-refractivity contribution >= 4 is 39.9 Å². The molecular formula is C23H15ClN4O2S. The Bertz CT molecular complexity index is 1560. The van der Waals surface area contributed by atoms with Crippen molar-refractivity contribution in [3.63, 3.8) is 0 Å². The van der Waals surface area contributed by atoms with Crippen LogP contribution >= 0.6 is 23.4 Å². The number of pyridine rings is 1. The summed E-state index contributed by atoms with van der Waals surface area (Å²) in [6.45, 7) is 0. The third kappa shape index (κ3) is 3.62. The van der Waals surface area contributed by atoms with Crippen LogP contribution in [0.3, 0.4) is 0 Å². The molecule has 0 atom stereocenters. The van der Waals surface area contributed by atoms with Gasteiger partial charge in [-0.05, 0) is 36.4 Å². The molecule has 2 aromatic carbocycles. The van der Waals surface area contributed by atoms with Crippen molar-refractivity contribution < 1.29 is 0 Å². The first-order chi connectivity index (χ1) is 15.1. The lowest BCUT2D eigenvalue weighted by molar-refractivity contribution is 0.819. The maximum Gasteiger partial charge on any atom is 0.266 e. The molecule has 31 heavy (non-hydrogen) atoms. The van der Waals surface area contributed by atoms with Gasteiger partial charge in [-0.3, -0.25) is 18.6 Å². The molecule has 0 radical (unpaired) electrons. The van der Waals surface area contributed by atoms with E-state index in [-0.39, 0.29) is 11.1 Å². The molecule has 0 spiro atoms. The molecule has 8 heteroatoms. The van der Waals surface area contributed by atoms with Crippen LogP contribution < -0.4 is 11.1 Å². The average molecular weight is 447 g/mol. The van der Waals surface area contributed by atoms with Gasteiger partial charge >= 0.3 is 0 Å². The molecular weight excluding hydrogens is 432 g/mol. The van der Waals surface area contributed by atoms with Gasteiger partial charge in [-0.1, -0.05) is 53.7 Å². The topological polar surface area (TPSA) is 69.3 Å². The Labute approximate surface area is 185 Å². The average Bonchev–Trinajstić information content (AvgIpc) is 2.79. The highest BCUT2D eigenvalue weighted by Gasteiger charge is 2.16. The number of nitrogens with zero attached hydrogens (tertiary/aromatic N) is 4. The van der Waals surface area contributed by atoms with Gasteiger partial charge in [0.1, 0.15) is 5.65 Å². The number of hydrogen-bond donors (Lipinski definition) is 0. The highest BCUT2D eigenvalue weighted by Crippen LogP contribution is 2.27. The Morgan fingerprint density at radius 2 is 1.68 bits per heavy atom. The van der Waals surface area contributed by atoms with Crippen molar-refractivity contribution in [3.8, 4) is 5.69 Å². The number of hydrogen-bond acceptors (Lipinski definition) is 5. The lowest BCUT2D eigenvalue weighted by Crippen LogP contribution is -2.22. The van der Waals surface area contributed by atoms with E-state index < -0.39 is 0 Å². The van der Waals surface area contributed by atoms with Crippen molar-refractivity contribution in [1.29, 1.82) is 0 Å². The van der Waals surface area contributed by atoms with Gasteiger partial charge in [0.2, 0.25) is 0 Å². The van der Waals surface area contributed by atoms with E-state index in [0.29, 0.717) is 43.9 Å². The summed E-state index contributed by atoms with van der Waals surface area (Å²) >= 11 is 7.74. The van der Waals surface area contributed by atoms with Crippen LogP contribution in [-0.4, -0.2) is 18.9 Å². The van der Waals surface area contributed by atoms with Gasteiger partial charge < -0.3 is 0 Å². The maximum atomic E-state index is 13.3. The zero-order valence-corrected chi connectivity index (χ0v) is 17.7. The van der Waals surface area contributed by atoms with E-state index in [1.807, 2.05) is 30.3 Å². The first kappa shape index (κ1) is 19.5. The molecule has 0 fully saturated rings. The summed E-state index contributed by atoms with van der Waals surface area (Å²) < 4.78 is 3.01. The highest BCUT2D eigenvalue weighted by molar-refractivity contribution is 7.98. The second-order valence-corrected chi connectivity index (χ2v) is 8.16. The van der Waals surface area contributed by atoms with Crippen molar-refractivity contribution in [2.75, 3.05) is 0 Å². The molecule has 0 bridgehead atoms. The summed E-state index contributed by atoms with van der Waals surface area (Å²) in [6.07, 6.45) is 1.68. The Morgan fingerprint density at radius 1 is 0.903 bits per heavy atom. The largest absolute Gasteiger partial charge is 0.269 e. The van der Waals surface area contributed by atoms with Gasteiger partial charge in [0.15, 0.2) is 5.16 Å². The standard InChI is InChI=1S/C23H15ClN4O2S/c24-17-8-2-4-10-19(17)28-22(30)16-7-1-3-9-18(16)26-23(28)31-14-15-13-21(29)27-12-6-5-11-20(27)25-15/h1-13H,14H2. The van der Waals surface area contributed by atoms with Crippen LogP contribution in [-0.2, 0) is 5.75 Å². The molecule has 6 nitrogen and oxygen atoms in total. The predicted octanol–water partition coefficient (Wildman–Crippen LogP) is 4.34. The molecule has 3 aromatic heterocycles. The van der Waals surface area contributed by atoms with Crippen molar-refractivity contribution in [2.24, 2.45) is 0 Å². The Morgan fingerprint density at radius 3 is 2.55 bits per heavy atom. The van der Waals surface area contributed by atoms with E-state index in [2.05, 4.69) is 4.98 Å². The molecule has 3 heterocycles. The zero-order valence-electron chi connectivity index (χ0n) is 16.1. The molecule has 0 saturated carbocycles. The normalized spacial score (nSPS) is 11.3. The minimum atomic E-state index is -0.201. The van der Waals surface area contributed by atoms with Gasteiger partial charge in [0, 0.05) is 18.0 Å². The third-order valence-corrected chi connectivity index (χ3v) is 6.10. The summed E-state index contributed by atoms with van der Waals surface area (Å²) in [6, 6.07) is 21.2. The molecule has 5 rings (SSSR count). The minimum Gasteiger partial charge on any atom is -0.269 e. The van der Waals surface area contributed by atoms with Crippen LogP contribution in [0.2, 0.25) is 5.02 Å². The van der Waals surface area contributed by atoms with Crippen LogP contribution in [0.5, 0.6) is 0 Å². The quantitative estimate of drug-likeness (QED) is 0.303. The van der Waals surface area contributed by atoms with E-state index in [0.717, 1.165) is 0 Å². The molecule has 0 aliphatic heterocycles. The number of fused-ring (bicyclic) bond motifs is 2. The summed E-state index contributed by atoms with van der Waals surface area (Å²) in [5.41, 5.74) is 1.98. The molecule has 152 valence electrons. The van der Waals surface area contributed by atoms with Crippen molar-refractivity contribution in [2.45, 2.75) is 10.9 Å². The number of thioether (sulfide) groups is 1. The summed E-state index contributed by atoms with van der Waals surface area (Å²) in [5.74, 6) is 0.371. The summed E-state index contributed by atoms with van der Waals surface area (Å²) in [5, 5.41) is 1.44. The SMILES string of the molecule is O=c1c2ccccc2nc(SCc2cc(=O)n3ccccc3n2)n1-c1ccccc1Cl. The molecule has 0 saturated heterocycles. The van der Waals surface area contributed by atoms with Crippen molar-refractivity contribution in [3.05, 3.63) is 110 Å². The van der Waals surface area contributed by atoms with Crippen LogP contribution in [0.25, 0.3) is 22.2 Å². The predicted molar refractivity (Wildman–Crippen MR) is 123 cm³/mol. The fourth-order valence-electron chi connectivity index (χ4n) is 3.37. The van der Waals surface area contributed by atoms with Gasteiger partial charge in [0.25, 0.3) is 11.1 Å². The Kier molecular flexibility index (Phi) is 5.05. The van der Waals surface area contributed by atoms with Gasteiger partial charge in [-0.15, -0.1) is 0 Å². The molecule has 0 N–H and O–H groups in total. The Hall–Kier alpha value is -3.42. The third-order valence-electron chi connectivity index (χ3n) is 4.81. The lowest BCUT2D eigenvalue weighted by Gasteiger charge is -2.14. The second kappa shape index (κ2) is 8.02. The molecule has 5 aromatic rings. The van der Waals surface area contributed by atoms with Gasteiger partial charge in [-0.25, -0.2) is 9.97 Å². The van der Waals surface area contributed by atoms with Crippen LogP contribution in [0.15, 0.2) is 93.7 Å². The van der Waals surface area contributed by atoms with E-state index >= 15 is 0 Å². The number of rotatable bonds is 4. The number of aromatic nitrogens is 4. The fourth-order valence-corrected chi connectivity index (χ4v) is 4.49. The number of para-hydroxylation sites is 2. The van der Waals surface area contributed by atoms with E-state index in [1.165, 1.54) is 26.8 Å². The van der Waals surface area contributed by atoms with Crippen LogP contribution in [0.4, 0.5) is 0 Å². The molecule has 0 amide bonds. The minimum absolute atomic E-state index is 0.156. The monoisotopic (exact) mass is 446 g/mol. The first-order valence-corrected chi connectivity index (χ1v) is 10.8. The number of benzene rings is 2. The van der Waals surface area contributed by atoms with Crippen LogP contribution in [0, 0.1) is 0 Å². The number of halogens is 1. The van der Waals surface area contributed by atoms with Gasteiger partial charge in [0.05, 0.1) is 27.3 Å². The zero-order chi connectivity index (χ0) is 21.4. The molecule has 0 unspecified atom stereocenters. The lowest BCUT2D eigenvalue weighted by atomic mass is 10.2. The van der Waals surface area contributed by atoms with Gasteiger partial charge in [-0.2, -0.15) is 0 Å². The summed E-state index contributed by atoms with van der Waals surface area (Å²) in [7, 11) is 0. The summed E-state index contributed by atoms with van der Waals surface area (Å²) in [4.78, 5) is 35.0. The maximum absolute atomic E-state index is 13.3. The Balaban J connectivity index is 1.63. The van der Waals surface area contributed by atoms with Crippen LogP contribution in [0.1, 0.15) is 5.69 Å². The first-order valence-electron chi connectivity index (χ1n) is 9.48. The van der Waals surface area contributed by atoms with E-state index in [4.69, 9.17) is 16.6 Å². The smallest absolute Gasteiger partial charge is 0.266 e.